The summed E-state index contributed by atoms with van der Waals surface area (Å²) >= 11 is 0. The van der Waals surface area contributed by atoms with Crippen LogP contribution in [0.4, 0.5) is 0 Å². The van der Waals surface area contributed by atoms with E-state index in [1.165, 1.54) is 12.0 Å². The van der Waals surface area contributed by atoms with Crippen molar-refractivity contribution in [3.05, 3.63) is 29.8 Å². The molecule has 3 heteroatoms. The first-order valence-corrected chi connectivity index (χ1v) is 6.63. The first-order chi connectivity index (χ1) is 8.76. The Morgan fingerprint density at radius 2 is 2.22 bits per heavy atom. The summed E-state index contributed by atoms with van der Waals surface area (Å²) in [7, 11) is 1.68. The molecule has 2 rings (SSSR count). The van der Waals surface area contributed by atoms with E-state index in [0.29, 0.717) is 0 Å². The average molecular weight is 247 g/mol. The molecule has 0 aliphatic heterocycles. The predicted molar refractivity (Wildman–Crippen MR) is 72.7 cm³/mol. The minimum Gasteiger partial charge on any atom is -0.497 e. The third kappa shape index (κ3) is 2.09. The Bertz CT molecular complexity index is 442. The van der Waals surface area contributed by atoms with E-state index < -0.39 is 0 Å². The second-order valence-electron chi connectivity index (χ2n) is 4.92. The lowest BCUT2D eigenvalue weighted by atomic mass is 9.66. The third-order valence-corrected chi connectivity index (χ3v) is 4.17. The maximum atomic E-state index is 9.30. The molecule has 18 heavy (non-hydrogen) atoms. The van der Waals surface area contributed by atoms with Gasteiger partial charge in [-0.25, -0.2) is 0 Å². The molecule has 1 aromatic rings. The lowest BCUT2D eigenvalue weighted by Crippen LogP contribution is -2.38. The van der Waals surface area contributed by atoms with Crippen LogP contribution < -0.4 is 4.74 Å². The van der Waals surface area contributed by atoms with E-state index in [4.69, 9.17) is 4.74 Å². The van der Waals surface area contributed by atoms with Crippen LogP contribution in [-0.2, 0) is 5.41 Å². The highest BCUT2D eigenvalue weighted by Gasteiger charge is 2.38. The first-order valence-electron chi connectivity index (χ1n) is 6.63. The Kier molecular flexibility index (Phi) is 3.90. The standard InChI is InChI=1S/C15H21NO2/c1-3-15(10-5-4-9-14(15)16-17)12-7-6-8-13(11-12)18-2/h6-8,11,17H,3-5,9-10H2,1-2H3/b16-14-/t15-/m1/s1. The maximum absolute atomic E-state index is 9.30. The summed E-state index contributed by atoms with van der Waals surface area (Å²) < 4.78 is 5.30. The van der Waals surface area contributed by atoms with Crippen LogP contribution in [0.5, 0.6) is 5.75 Å². The Balaban J connectivity index is 2.47. The smallest absolute Gasteiger partial charge is 0.119 e. The molecule has 98 valence electrons. The fourth-order valence-electron chi connectivity index (χ4n) is 3.07. The average Bonchev–Trinajstić information content (AvgIpc) is 2.47. The van der Waals surface area contributed by atoms with Crippen molar-refractivity contribution in [3.8, 4) is 5.75 Å². The second kappa shape index (κ2) is 5.42. The van der Waals surface area contributed by atoms with Crippen LogP contribution in [0.1, 0.15) is 44.6 Å². The van der Waals surface area contributed by atoms with E-state index in [1.54, 1.807) is 7.11 Å². The zero-order valence-corrected chi connectivity index (χ0v) is 11.1. The van der Waals surface area contributed by atoms with Crippen molar-refractivity contribution in [3.63, 3.8) is 0 Å². The van der Waals surface area contributed by atoms with Crippen LogP contribution in [0.25, 0.3) is 0 Å². The molecule has 1 aliphatic carbocycles. The van der Waals surface area contributed by atoms with Crippen molar-refractivity contribution in [1.29, 1.82) is 0 Å². The van der Waals surface area contributed by atoms with Gasteiger partial charge in [0.05, 0.1) is 12.8 Å². The zero-order valence-electron chi connectivity index (χ0n) is 11.1. The van der Waals surface area contributed by atoms with E-state index in [1.807, 2.05) is 12.1 Å². The van der Waals surface area contributed by atoms with Gasteiger partial charge in [-0.3, -0.25) is 0 Å². The lowest BCUT2D eigenvalue weighted by Gasteiger charge is -2.37. The van der Waals surface area contributed by atoms with Gasteiger partial charge < -0.3 is 9.94 Å². The van der Waals surface area contributed by atoms with E-state index in [2.05, 4.69) is 24.2 Å². The summed E-state index contributed by atoms with van der Waals surface area (Å²) in [5.74, 6) is 0.864. The number of hydrogen-bond acceptors (Lipinski definition) is 3. The van der Waals surface area contributed by atoms with Crippen molar-refractivity contribution in [1.82, 2.24) is 0 Å². The van der Waals surface area contributed by atoms with E-state index in [-0.39, 0.29) is 5.41 Å². The molecule has 1 aromatic carbocycles. The van der Waals surface area contributed by atoms with Gasteiger partial charge >= 0.3 is 0 Å². The normalized spacial score (nSPS) is 26.2. The monoisotopic (exact) mass is 247 g/mol. The van der Waals surface area contributed by atoms with Gasteiger partial charge in [-0.1, -0.05) is 30.6 Å². The molecule has 0 amide bonds. The van der Waals surface area contributed by atoms with Crippen molar-refractivity contribution in [2.45, 2.75) is 44.4 Å². The van der Waals surface area contributed by atoms with Crippen molar-refractivity contribution >= 4 is 5.71 Å². The number of ether oxygens (including phenoxy) is 1. The Labute approximate surface area is 108 Å². The highest BCUT2D eigenvalue weighted by molar-refractivity contribution is 5.95. The van der Waals surface area contributed by atoms with Crippen molar-refractivity contribution in [2.24, 2.45) is 5.16 Å². The molecule has 0 bridgehead atoms. The summed E-state index contributed by atoms with van der Waals surface area (Å²) in [6, 6.07) is 8.14. The van der Waals surface area contributed by atoms with Crippen LogP contribution in [0, 0.1) is 0 Å². The number of rotatable bonds is 3. The molecule has 1 aliphatic rings. The Hall–Kier alpha value is -1.51. The Morgan fingerprint density at radius 3 is 2.89 bits per heavy atom. The lowest BCUT2D eigenvalue weighted by molar-refractivity contribution is 0.302. The molecule has 3 nitrogen and oxygen atoms in total. The minimum atomic E-state index is -0.110. The number of hydrogen-bond donors (Lipinski definition) is 1. The molecular weight excluding hydrogens is 226 g/mol. The molecule has 0 spiro atoms. The van der Waals surface area contributed by atoms with Gasteiger partial charge in [0.25, 0.3) is 0 Å². The van der Waals surface area contributed by atoms with E-state index in [9.17, 15) is 5.21 Å². The van der Waals surface area contributed by atoms with E-state index >= 15 is 0 Å². The molecule has 1 fully saturated rings. The molecule has 0 unspecified atom stereocenters. The first kappa shape index (κ1) is 12.9. The van der Waals surface area contributed by atoms with Crippen LogP contribution in [0.3, 0.4) is 0 Å². The van der Waals surface area contributed by atoms with Crippen molar-refractivity contribution in [2.75, 3.05) is 7.11 Å². The van der Waals surface area contributed by atoms with Gasteiger partial charge in [0, 0.05) is 5.41 Å². The third-order valence-electron chi connectivity index (χ3n) is 4.17. The van der Waals surface area contributed by atoms with Gasteiger partial charge in [-0.05, 0) is 43.4 Å². The molecular formula is C15H21NO2. The van der Waals surface area contributed by atoms with Crippen LogP contribution >= 0.6 is 0 Å². The number of oxime groups is 1. The molecule has 0 heterocycles. The predicted octanol–water partition coefficient (Wildman–Crippen LogP) is 3.75. The van der Waals surface area contributed by atoms with Crippen molar-refractivity contribution < 1.29 is 9.94 Å². The summed E-state index contributed by atoms with van der Waals surface area (Å²) in [5.41, 5.74) is 2.02. The zero-order chi connectivity index (χ0) is 13.0. The highest BCUT2D eigenvalue weighted by atomic mass is 16.5. The van der Waals surface area contributed by atoms with Crippen LogP contribution in [0.2, 0.25) is 0 Å². The van der Waals surface area contributed by atoms with Gasteiger partial charge in [-0.2, -0.15) is 0 Å². The molecule has 1 saturated carbocycles. The number of nitrogens with zero attached hydrogens (tertiary/aromatic N) is 1. The summed E-state index contributed by atoms with van der Waals surface area (Å²) in [4.78, 5) is 0. The largest absolute Gasteiger partial charge is 0.497 e. The fraction of sp³-hybridized carbons (Fsp3) is 0.533. The van der Waals surface area contributed by atoms with E-state index in [0.717, 1.165) is 37.1 Å². The topological polar surface area (TPSA) is 41.8 Å². The Morgan fingerprint density at radius 1 is 1.39 bits per heavy atom. The quantitative estimate of drug-likeness (QED) is 0.653. The highest BCUT2D eigenvalue weighted by Crippen LogP contribution is 2.41. The minimum absolute atomic E-state index is 0.110. The molecule has 1 atom stereocenters. The number of methoxy groups -OCH3 is 1. The molecule has 1 N–H and O–H groups in total. The summed E-state index contributed by atoms with van der Waals surface area (Å²) in [6.45, 7) is 2.16. The molecule has 0 aromatic heterocycles. The van der Waals surface area contributed by atoms with Crippen LogP contribution in [0.15, 0.2) is 29.4 Å². The SMILES string of the molecule is CC[C@]1(c2cccc(OC)c2)CCCC/C1=N/O. The van der Waals surface area contributed by atoms with Gasteiger partial charge in [0.2, 0.25) is 0 Å². The van der Waals surface area contributed by atoms with Gasteiger partial charge in [0.1, 0.15) is 5.75 Å². The fourth-order valence-corrected chi connectivity index (χ4v) is 3.07. The molecule has 0 saturated heterocycles. The second-order valence-corrected chi connectivity index (χ2v) is 4.92. The van der Waals surface area contributed by atoms with Gasteiger partial charge in [-0.15, -0.1) is 0 Å². The summed E-state index contributed by atoms with van der Waals surface area (Å²) in [6.07, 6.45) is 5.20. The number of benzene rings is 1. The van der Waals surface area contributed by atoms with Gasteiger partial charge in [0.15, 0.2) is 0 Å². The van der Waals surface area contributed by atoms with Crippen LogP contribution in [-0.4, -0.2) is 18.0 Å². The maximum Gasteiger partial charge on any atom is 0.119 e. The summed E-state index contributed by atoms with van der Waals surface area (Å²) in [5, 5.41) is 12.9. The molecule has 0 radical (unpaired) electrons.